The van der Waals surface area contributed by atoms with E-state index in [4.69, 9.17) is 0 Å². The maximum atomic E-state index is 12.7. The van der Waals surface area contributed by atoms with Gasteiger partial charge in [0.15, 0.2) is 0 Å². The number of hydrogen-bond acceptors (Lipinski definition) is 4. The maximum Gasteiger partial charge on any atom is 0.262 e. The smallest absolute Gasteiger partial charge is 0.262 e. The van der Waals surface area contributed by atoms with Crippen LogP contribution in [0.3, 0.4) is 0 Å². The average molecular weight is 299 g/mol. The second kappa shape index (κ2) is 5.41. The summed E-state index contributed by atoms with van der Waals surface area (Å²) in [6.07, 6.45) is 6.03. The third-order valence-corrected chi connectivity index (χ3v) is 4.96. The van der Waals surface area contributed by atoms with Gasteiger partial charge in [-0.05, 0) is 44.4 Å². The Morgan fingerprint density at radius 1 is 1.38 bits per heavy atom. The number of aryl methyl sites for hydroxylation is 2. The number of hydrogen-bond donors (Lipinski definition) is 0. The van der Waals surface area contributed by atoms with E-state index in [0.717, 1.165) is 32.6 Å². The predicted octanol–water partition coefficient (Wildman–Crippen LogP) is 3.27. The minimum Gasteiger partial charge on any atom is -0.295 e. The second-order valence-electron chi connectivity index (χ2n) is 5.33. The zero-order valence-corrected chi connectivity index (χ0v) is 13.1. The van der Waals surface area contributed by atoms with E-state index >= 15 is 0 Å². The van der Waals surface area contributed by atoms with E-state index in [1.807, 2.05) is 39.1 Å². The van der Waals surface area contributed by atoms with Crippen LogP contribution in [0.15, 0.2) is 35.6 Å². The Morgan fingerprint density at radius 3 is 2.90 bits per heavy atom. The number of thiophene rings is 1. The molecular weight excluding hydrogens is 282 g/mol. The Bertz CT molecular complexity index is 836. The van der Waals surface area contributed by atoms with Crippen molar-refractivity contribution < 1.29 is 0 Å². The topological polar surface area (TPSA) is 47.8 Å². The van der Waals surface area contributed by atoms with Gasteiger partial charge in [0.05, 0.1) is 11.7 Å². The zero-order chi connectivity index (χ0) is 15.0. The summed E-state index contributed by atoms with van der Waals surface area (Å²) >= 11 is 1.58. The van der Waals surface area contributed by atoms with Gasteiger partial charge >= 0.3 is 0 Å². The SMILES string of the molecule is Cc1sc2ncn(C(C)Cc3cccnc3)c(=O)c2c1C. The molecule has 4 nitrogen and oxygen atoms in total. The summed E-state index contributed by atoms with van der Waals surface area (Å²) in [7, 11) is 0. The van der Waals surface area contributed by atoms with E-state index in [9.17, 15) is 4.79 Å². The Kier molecular flexibility index (Phi) is 3.59. The lowest BCUT2D eigenvalue weighted by atomic mass is 10.1. The molecule has 0 N–H and O–H groups in total. The summed E-state index contributed by atoms with van der Waals surface area (Å²) in [6, 6.07) is 4.00. The molecule has 0 bridgehead atoms. The Balaban J connectivity index is 2.02. The lowest BCUT2D eigenvalue weighted by Crippen LogP contribution is -2.24. The van der Waals surface area contributed by atoms with Gasteiger partial charge in [0.2, 0.25) is 0 Å². The lowest BCUT2D eigenvalue weighted by Gasteiger charge is -2.14. The van der Waals surface area contributed by atoms with Crippen molar-refractivity contribution in [1.82, 2.24) is 14.5 Å². The van der Waals surface area contributed by atoms with E-state index in [-0.39, 0.29) is 11.6 Å². The van der Waals surface area contributed by atoms with Crippen molar-refractivity contribution in [2.24, 2.45) is 0 Å². The highest BCUT2D eigenvalue weighted by Gasteiger charge is 2.15. The van der Waals surface area contributed by atoms with E-state index in [1.165, 1.54) is 0 Å². The van der Waals surface area contributed by atoms with Crippen LogP contribution in [0.4, 0.5) is 0 Å². The lowest BCUT2D eigenvalue weighted by molar-refractivity contribution is 0.523. The fourth-order valence-corrected chi connectivity index (χ4v) is 3.51. The number of nitrogens with zero attached hydrogens (tertiary/aromatic N) is 3. The molecule has 0 aliphatic rings. The normalized spacial score (nSPS) is 12.7. The molecule has 108 valence electrons. The van der Waals surface area contributed by atoms with Gasteiger partial charge in [0, 0.05) is 23.3 Å². The highest BCUT2D eigenvalue weighted by atomic mass is 32.1. The van der Waals surface area contributed by atoms with Gasteiger partial charge in [0.1, 0.15) is 4.83 Å². The molecule has 0 spiro atoms. The summed E-state index contributed by atoms with van der Waals surface area (Å²) in [5, 5.41) is 0.762. The Labute approximate surface area is 127 Å². The third-order valence-electron chi connectivity index (χ3n) is 3.84. The summed E-state index contributed by atoms with van der Waals surface area (Å²) in [4.78, 5) is 23.3. The molecule has 0 aliphatic carbocycles. The van der Waals surface area contributed by atoms with Crippen LogP contribution in [0.1, 0.15) is 29.0 Å². The molecule has 3 aromatic heterocycles. The molecular formula is C16H17N3OS. The Morgan fingerprint density at radius 2 is 2.19 bits per heavy atom. The van der Waals surface area contributed by atoms with Crippen molar-refractivity contribution in [3.63, 3.8) is 0 Å². The number of pyridine rings is 1. The molecule has 0 saturated heterocycles. The van der Waals surface area contributed by atoms with Crippen LogP contribution >= 0.6 is 11.3 Å². The van der Waals surface area contributed by atoms with Gasteiger partial charge in [0.25, 0.3) is 5.56 Å². The number of aromatic nitrogens is 3. The summed E-state index contributed by atoms with van der Waals surface area (Å²) in [5.74, 6) is 0. The first-order valence-electron chi connectivity index (χ1n) is 6.93. The molecule has 1 unspecified atom stereocenters. The average Bonchev–Trinajstić information content (AvgIpc) is 2.76. The number of fused-ring (bicyclic) bond motifs is 1. The fraction of sp³-hybridized carbons (Fsp3) is 0.312. The molecule has 0 radical (unpaired) electrons. The second-order valence-corrected chi connectivity index (χ2v) is 6.54. The van der Waals surface area contributed by atoms with Crippen molar-refractivity contribution in [3.05, 3.63) is 57.2 Å². The van der Waals surface area contributed by atoms with Crippen molar-refractivity contribution in [2.75, 3.05) is 0 Å². The summed E-state index contributed by atoms with van der Waals surface area (Å²) in [6.45, 7) is 6.06. The first-order chi connectivity index (χ1) is 10.1. The molecule has 5 heteroatoms. The van der Waals surface area contributed by atoms with Crippen molar-refractivity contribution >= 4 is 21.6 Å². The highest BCUT2D eigenvalue weighted by molar-refractivity contribution is 7.18. The molecule has 0 amide bonds. The first-order valence-corrected chi connectivity index (χ1v) is 7.75. The van der Waals surface area contributed by atoms with E-state index in [1.54, 1.807) is 28.4 Å². The molecule has 21 heavy (non-hydrogen) atoms. The standard InChI is InChI=1S/C16H17N3OS/c1-10(7-13-5-4-6-17-8-13)19-9-18-15-14(16(19)20)11(2)12(3)21-15/h4-6,8-10H,7H2,1-3H3. The molecule has 0 saturated carbocycles. The molecule has 0 fully saturated rings. The summed E-state index contributed by atoms with van der Waals surface area (Å²) in [5.41, 5.74) is 2.23. The molecule has 3 rings (SSSR count). The monoisotopic (exact) mass is 299 g/mol. The minimum atomic E-state index is 0.0539. The van der Waals surface area contributed by atoms with Crippen LogP contribution in [0.5, 0.6) is 0 Å². The van der Waals surface area contributed by atoms with Gasteiger partial charge in [-0.2, -0.15) is 0 Å². The van der Waals surface area contributed by atoms with Gasteiger partial charge in [-0.25, -0.2) is 4.98 Å². The van der Waals surface area contributed by atoms with Crippen LogP contribution in [-0.2, 0) is 6.42 Å². The van der Waals surface area contributed by atoms with E-state index in [2.05, 4.69) is 9.97 Å². The van der Waals surface area contributed by atoms with Gasteiger partial charge in [-0.3, -0.25) is 14.3 Å². The van der Waals surface area contributed by atoms with Gasteiger partial charge in [-0.15, -0.1) is 11.3 Å². The van der Waals surface area contributed by atoms with Crippen LogP contribution in [-0.4, -0.2) is 14.5 Å². The van der Waals surface area contributed by atoms with Gasteiger partial charge < -0.3 is 0 Å². The first kappa shape index (κ1) is 13.9. The summed E-state index contributed by atoms with van der Waals surface area (Å²) < 4.78 is 1.73. The molecule has 1 atom stereocenters. The Hall–Kier alpha value is -2.01. The van der Waals surface area contributed by atoms with Crippen molar-refractivity contribution in [2.45, 2.75) is 33.2 Å². The largest absolute Gasteiger partial charge is 0.295 e. The fourth-order valence-electron chi connectivity index (χ4n) is 2.52. The maximum absolute atomic E-state index is 12.7. The zero-order valence-electron chi connectivity index (χ0n) is 12.3. The van der Waals surface area contributed by atoms with E-state index < -0.39 is 0 Å². The van der Waals surface area contributed by atoms with E-state index in [0.29, 0.717) is 0 Å². The van der Waals surface area contributed by atoms with Crippen molar-refractivity contribution in [3.8, 4) is 0 Å². The minimum absolute atomic E-state index is 0.0539. The third kappa shape index (κ3) is 2.49. The van der Waals surface area contributed by atoms with Gasteiger partial charge in [-0.1, -0.05) is 6.07 Å². The van der Waals surface area contributed by atoms with Crippen molar-refractivity contribution in [1.29, 1.82) is 0 Å². The molecule has 3 aromatic rings. The molecule has 0 aromatic carbocycles. The van der Waals surface area contributed by atoms with Crippen LogP contribution in [0.25, 0.3) is 10.2 Å². The van der Waals surface area contributed by atoms with Crippen LogP contribution in [0, 0.1) is 13.8 Å². The quantitative estimate of drug-likeness (QED) is 0.745. The predicted molar refractivity (Wildman–Crippen MR) is 86.0 cm³/mol. The number of rotatable bonds is 3. The molecule has 3 heterocycles. The highest BCUT2D eigenvalue weighted by Crippen LogP contribution is 2.26. The molecule has 0 aliphatic heterocycles. The van der Waals surface area contributed by atoms with Crippen LogP contribution in [0.2, 0.25) is 0 Å². The van der Waals surface area contributed by atoms with Crippen LogP contribution < -0.4 is 5.56 Å².